The summed E-state index contributed by atoms with van der Waals surface area (Å²) in [6.45, 7) is 4.43. The Bertz CT molecular complexity index is 913. The van der Waals surface area contributed by atoms with Crippen LogP contribution in [0.2, 0.25) is 0 Å². The standard InChI is InChI=1S/C32H42O2/c1-3-4-5-6-7-8-9-10-11-18-24-32(31(33)34-30-21-16-13-17-22-30)25-23-29(26-27(32)2)28-19-14-12-15-20-28/h12-17,19-23,25-27H,3-11,18,24H2,1-2H3. The average Bonchev–Trinajstić information content (AvgIpc) is 2.87. The molecule has 2 atom stereocenters. The predicted octanol–water partition coefficient (Wildman–Crippen LogP) is 9.18. The van der Waals surface area contributed by atoms with E-state index in [-0.39, 0.29) is 11.9 Å². The number of carbonyl (C=O) groups is 1. The minimum atomic E-state index is -0.617. The number of hydrogen-bond donors (Lipinski definition) is 0. The number of ether oxygens (including phenoxy) is 1. The lowest BCUT2D eigenvalue weighted by atomic mass is 9.68. The number of carbonyl (C=O) groups excluding carboxylic acids is 1. The maximum Gasteiger partial charge on any atom is 0.321 e. The Labute approximate surface area is 207 Å². The van der Waals surface area contributed by atoms with E-state index in [9.17, 15) is 4.79 Å². The Hall–Kier alpha value is -2.61. The first-order chi connectivity index (χ1) is 16.7. The number of allylic oxidation sites excluding steroid dienone is 3. The maximum atomic E-state index is 13.5. The number of hydrogen-bond acceptors (Lipinski definition) is 2. The molecule has 0 bridgehead atoms. The van der Waals surface area contributed by atoms with E-state index in [0.717, 1.165) is 12.8 Å². The molecule has 2 heteroatoms. The van der Waals surface area contributed by atoms with Gasteiger partial charge in [-0.1, -0.05) is 145 Å². The van der Waals surface area contributed by atoms with Gasteiger partial charge < -0.3 is 4.74 Å². The Balaban J connectivity index is 1.60. The monoisotopic (exact) mass is 458 g/mol. The van der Waals surface area contributed by atoms with Crippen LogP contribution in [-0.2, 0) is 4.79 Å². The molecule has 2 unspecified atom stereocenters. The average molecular weight is 459 g/mol. The van der Waals surface area contributed by atoms with Crippen molar-refractivity contribution in [3.8, 4) is 5.75 Å². The highest BCUT2D eigenvalue weighted by Gasteiger charge is 2.43. The summed E-state index contributed by atoms with van der Waals surface area (Å²) in [5, 5.41) is 0. The van der Waals surface area contributed by atoms with E-state index in [1.807, 2.05) is 36.4 Å². The molecule has 1 aliphatic rings. The highest BCUT2D eigenvalue weighted by atomic mass is 16.5. The summed E-state index contributed by atoms with van der Waals surface area (Å²) in [6.07, 6.45) is 20.2. The minimum absolute atomic E-state index is 0.0717. The lowest BCUT2D eigenvalue weighted by Crippen LogP contribution is -2.39. The molecule has 0 aromatic heterocycles. The van der Waals surface area contributed by atoms with Crippen LogP contribution >= 0.6 is 0 Å². The highest BCUT2D eigenvalue weighted by Crippen LogP contribution is 2.43. The number of benzene rings is 2. The van der Waals surface area contributed by atoms with Crippen LogP contribution in [0.4, 0.5) is 0 Å². The molecule has 182 valence electrons. The van der Waals surface area contributed by atoms with E-state index in [0.29, 0.717) is 5.75 Å². The zero-order valence-electron chi connectivity index (χ0n) is 21.2. The van der Waals surface area contributed by atoms with Crippen LogP contribution in [-0.4, -0.2) is 5.97 Å². The molecule has 34 heavy (non-hydrogen) atoms. The van der Waals surface area contributed by atoms with Crippen molar-refractivity contribution < 1.29 is 9.53 Å². The van der Waals surface area contributed by atoms with Gasteiger partial charge in [-0.25, -0.2) is 0 Å². The van der Waals surface area contributed by atoms with Crippen LogP contribution in [0, 0.1) is 11.3 Å². The summed E-state index contributed by atoms with van der Waals surface area (Å²) in [4.78, 5) is 13.5. The molecule has 0 saturated heterocycles. The molecule has 0 spiro atoms. The summed E-state index contributed by atoms with van der Waals surface area (Å²) < 4.78 is 5.89. The van der Waals surface area contributed by atoms with Crippen LogP contribution in [0.5, 0.6) is 5.75 Å². The number of esters is 1. The third-order valence-corrected chi connectivity index (χ3v) is 7.19. The van der Waals surface area contributed by atoms with Crippen molar-refractivity contribution in [3.05, 3.63) is 84.5 Å². The normalized spacial score (nSPS) is 19.6. The van der Waals surface area contributed by atoms with Crippen LogP contribution in [0.15, 0.2) is 78.9 Å². The summed E-state index contributed by atoms with van der Waals surface area (Å²) in [5.41, 5.74) is 1.75. The molecular weight excluding hydrogens is 416 g/mol. The van der Waals surface area contributed by atoms with Gasteiger partial charge in [0, 0.05) is 0 Å². The van der Waals surface area contributed by atoms with Gasteiger partial charge in [-0.05, 0) is 35.6 Å². The van der Waals surface area contributed by atoms with E-state index >= 15 is 0 Å². The second kappa shape index (κ2) is 13.9. The lowest BCUT2D eigenvalue weighted by Gasteiger charge is -2.36. The Morgan fingerprint density at radius 1 is 0.794 bits per heavy atom. The van der Waals surface area contributed by atoms with Gasteiger partial charge in [-0.3, -0.25) is 4.79 Å². The van der Waals surface area contributed by atoms with E-state index in [4.69, 9.17) is 4.74 Å². The van der Waals surface area contributed by atoms with Gasteiger partial charge in [0.25, 0.3) is 0 Å². The second-order valence-corrected chi connectivity index (χ2v) is 9.78. The van der Waals surface area contributed by atoms with Crippen molar-refractivity contribution in [3.63, 3.8) is 0 Å². The Kier molecular flexibility index (Phi) is 10.7. The molecule has 3 rings (SSSR count). The SMILES string of the molecule is CCCCCCCCCCCCC1(C(=O)Oc2ccccc2)C=CC(c2ccccc2)=CC1C. The molecule has 2 aromatic rings. The molecule has 0 saturated carbocycles. The fraction of sp³-hybridized carbons (Fsp3) is 0.469. The molecule has 0 aliphatic heterocycles. The van der Waals surface area contributed by atoms with Gasteiger partial charge >= 0.3 is 5.97 Å². The zero-order valence-corrected chi connectivity index (χ0v) is 21.2. The zero-order chi connectivity index (χ0) is 24.1. The van der Waals surface area contributed by atoms with Gasteiger partial charge in [-0.15, -0.1) is 0 Å². The smallest absolute Gasteiger partial charge is 0.321 e. The molecule has 0 fully saturated rings. The van der Waals surface area contributed by atoms with Gasteiger partial charge in [0.1, 0.15) is 5.75 Å². The van der Waals surface area contributed by atoms with Crippen molar-refractivity contribution in [2.75, 3.05) is 0 Å². The number of para-hydroxylation sites is 1. The third kappa shape index (κ3) is 7.45. The van der Waals surface area contributed by atoms with Crippen molar-refractivity contribution >= 4 is 11.5 Å². The van der Waals surface area contributed by atoms with E-state index in [2.05, 4.69) is 56.3 Å². The van der Waals surface area contributed by atoms with Gasteiger partial charge in [0.05, 0.1) is 5.41 Å². The summed E-state index contributed by atoms with van der Waals surface area (Å²) in [7, 11) is 0. The van der Waals surface area contributed by atoms with Crippen LogP contribution in [0.25, 0.3) is 5.57 Å². The highest BCUT2D eigenvalue weighted by molar-refractivity contribution is 5.86. The van der Waals surface area contributed by atoms with Crippen LogP contribution in [0.3, 0.4) is 0 Å². The molecule has 2 nitrogen and oxygen atoms in total. The maximum absolute atomic E-state index is 13.5. The van der Waals surface area contributed by atoms with Crippen molar-refractivity contribution in [1.82, 2.24) is 0 Å². The van der Waals surface area contributed by atoms with Gasteiger partial charge in [0.15, 0.2) is 0 Å². The van der Waals surface area contributed by atoms with E-state index in [1.54, 1.807) is 0 Å². The third-order valence-electron chi connectivity index (χ3n) is 7.19. The van der Waals surface area contributed by atoms with Crippen molar-refractivity contribution in [1.29, 1.82) is 0 Å². The van der Waals surface area contributed by atoms with Crippen LogP contribution < -0.4 is 4.74 Å². The van der Waals surface area contributed by atoms with Gasteiger partial charge in [-0.2, -0.15) is 0 Å². The first-order valence-electron chi connectivity index (χ1n) is 13.4. The van der Waals surface area contributed by atoms with E-state index in [1.165, 1.54) is 68.9 Å². The van der Waals surface area contributed by atoms with Crippen molar-refractivity contribution in [2.24, 2.45) is 11.3 Å². The van der Waals surface area contributed by atoms with E-state index < -0.39 is 5.41 Å². The molecule has 0 N–H and O–H groups in total. The number of unbranched alkanes of at least 4 members (excludes halogenated alkanes) is 9. The predicted molar refractivity (Wildman–Crippen MR) is 144 cm³/mol. The molecule has 0 heterocycles. The topological polar surface area (TPSA) is 26.3 Å². The molecule has 0 amide bonds. The second-order valence-electron chi connectivity index (χ2n) is 9.78. The summed E-state index contributed by atoms with van der Waals surface area (Å²) >= 11 is 0. The summed E-state index contributed by atoms with van der Waals surface area (Å²) in [6, 6.07) is 19.9. The fourth-order valence-electron chi connectivity index (χ4n) is 4.95. The lowest BCUT2D eigenvalue weighted by molar-refractivity contribution is -0.145. The number of rotatable bonds is 14. The Morgan fingerprint density at radius 2 is 1.35 bits per heavy atom. The van der Waals surface area contributed by atoms with Crippen molar-refractivity contribution in [2.45, 2.75) is 84.5 Å². The summed E-state index contributed by atoms with van der Waals surface area (Å²) in [5.74, 6) is 0.553. The molecule has 2 aromatic carbocycles. The first kappa shape index (κ1) is 26.0. The minimum Gasteiger partial charge on any atom is -0.426 e. The first-order valence-corrected chi connectivity index (χ1v) is 13.4. The quantitative estimate of drug-likeness (QED) is 0.160. The largest absolute Gasteiger partial charge is 0.426 e. The van der Waals surface area contributed by atoms with Crippen LogP contribution in [0.1, 0.15) is 90.0 Å². The molecule has 1 aliphatic carbocycles. The fourth-order valence-corrected chi connectivity index (χ4v) is 4.95. The Morgan fingerprint density at radius 3 is 1.94 bits per heavy atom. The molecule has 0 radical (unpaired) electrons. The molecular formula is C32H42O2. The van der Waals surface area contributed by atoms with Gasteiger partial charge in [0.2, 0.25) is 0 Å².